The predicted molar refractivity (Wildman–Crippen MR) is 77.4 cm³/mol. The van der Waals surface area contributed by atoms with E-state index in [0.717, 1.165) is 18.5 Å². The lowest BCUT2D eigenvalue weighted by Crippen LogP contribution is -2.32. The zero-order valence-electron chi connectivity index (χ0n) is 12.0. The van der Waals surface area contributed by atoms with E-state index < -0.39 is 0 Å². The number of pyridine rings is 1. The zero-order chi connectivity index (χ0) is 14.2. The van der Waals surface area contributed by atoms with Crippen LogP contribution in [0.3, 0.4) is 0 Å². The second-order valence-corrected chi connectivity index (χ2v) is 5.04. The molecule has 1 amide bonds. The third kappa shape index (κ3) is 4.28. The number of amides is 1. The van der Waals surface area contributed by atoms with Gasteiger partial charge >= 0.3 is 0 Å². The first-order valence-electron chi connectivity index (χ1n) is 7.24. The smallest absolute Gasteiger partial charge is 0.221 e. The highest BCUT2D eigenvalue weighted by atomic mass is 16.5. The molecule has 0 fully saturated rings. The molecule has 0 radical (unpaired) electrons. The molecule has 0 bridgehead atoms. The summed E-state index contributed by atoms with van der Waals surface area (Å²) in [5, 5.41) is 6.27. The normalized spacial score (nSPS) is 17.6. The van der Waals surface area contributed by atoms with E-state index in [0.29, 0.717) is 26.1 Å². The highest BCUT2D eigenvalue weighted by molar-refractivity contribution is 5.76. The quantitative estimate of drug-likeness (QED) is 0.735. The SMILES string of the molecule is COCCNC(=O)CCNC1CCCc2cccnc21. The van der Waals surface area contributed by atoms with Gasteiger partial charge in [-0.25, -0.2) is 0 Å². The molecule has 20 heavy (non-hydrogen) atoms. The molecule has 0 aliphatic heterocycles. The minimum atomic E-state index is 0.0617. The molecule has 2 N–H and O–H groups in total. The monoisotopic (exact) mass is 277 g/mol. The lowest BCUT2D eigenvalue weighted by Gasteiger charge is -2.25. The van der Waals surface area contributed by atoms with Crippen molar-refractivity contribution in [2.24, 2.45) is 0 Å². The minimum absolute atomic E-state index is 0.0617. The Morgan fingerprint density at radius 1 is 1.50 bits per heavy atom. The Balaban J connectivity index is 1.74. The Morgan fingerprint density at radius 3 is 3.25 bits per heavy atom. The number of nitrogens with one attached hydrogen (secondary N) is 2. The van der Waals surface area contributed by atoms with E-state index in [-0.39, 0.29) is 11.9 Å². The maximum Gasteiger partial charge on any atom is 0.221 e. The van der Waals surface area contributed by atoms with E-state index in [1.54, 1.807) is 7.11 Å². The molecule has 1 unspecified atom stereocenters. The van der Waals surface area contributed by atoms with E-state index in [1.807, 2.05) is 12.3 Å². The van der Waals surface area contributed by atoms with E-state index in [4.69, 9.17) is 4.74 Å². The molecule has 1 heterocycles. The first kappa shape index (κ1) is 14.9. The second kappa shape index (κ2) is 7.97. The Hall–Kier alpha value is -1.46. The summed E-state index contributed by atoms with van der Waals surface area (Å²) in [6, 6.07) is 4.42. The first-order valence-corrected chi connectivity index (χ1v) is 7.24. The van der Waals surface area contributed by atoms with Crippen LogP contribution >= 0.6 is 0 Å². The van der Waals surface area contributed by atoms with Gasteiger partial charge < -0.3 is 15.4 Å². The molecule has 1 aromatic heterocycles. The number of aromatic nitrogens is 1. The van der Waals surface area contributed by atoms with Gasteiger partial charge in [0.05, 0.1) is 12.3 Å². The summed E-state index contributed by atoms with van der Waals surface area (Å²) in [5.41, 5.74) is 2.49. The van der Waals surface area contributed by atoms with Crippen LogP contribution in [0, 0.1) is 0 Å². The first-order chi connectivity index (χ1) is 9.81. The van der Waals surface area contributed by atoms with Gasteiger partial charge in [0, 0.05) is 38.9 Å². The minimum Gasteiger partial charge on any atom is -0.383 e. The van der Waals surface area contributed by atoms with Crippen LogP contribution in [0.25, 0.3) is 0 Å². The molecule has 1 aliphatic rings. The number of hydrogen-bond acceptors (Lipinski definition) is 4. The standard InChI is InChI=1S/C15H23N3O2/c1-20-11-10-17-14(19)7-9-16-13-6-2-4-12-5-3-8-18-15(12)13/h3,5,8,13,16H,2,4,6-7,9-11H2,1H3,(H,17,19). The average Bonchev–Trinajstić information content (AvgIpc) is 2.48. The Labute approximate surface area is 120 Å². The summed E-state index contributed by atoms with van der Waals surface area (Å²) in [6.45, 7) is 1.81. The lowest BCUT2D eigenvalue weighted by molar-refractivity contribution is -0.121. The van der Waals surface area contributed by atoms with Gasteiger partial charge in [0.25, 0.3) is 0 Å². The second-order valence-electron chi connectivity index (χ2n) is 5.04. The number of nitrogens with zero attached hydrogens (tertiary/aromatic N) is 1. The molecule has 1 aliphatic carbocycles. The number of rotatable bonds is 7. The van der Waals surface area contributed by atoms with Crippen LogP contribution < -0.4 is 10.6 Å². The van der Waals surface area contributed by atoms with Crippen LogP contribution in [0.4, 0.5) is 0 Å². The van der Waals surface area contributed by atoms with Crippen LogP contribution in [0.2, 0.25) is 0 Å². The van der Waals surface area contributed by atoms with Crippen molar-refractivity contribution >= 4 is 5.91 Å². The summed E-state index contributed by atoms with van der Waals surface area (Å²) in [4.78, 5) is 16.1. The van der Waals surface area contributed by atoms with Crippen molar-refractivity contribution in [1.29, 1.82) is 0 Å². The summed E-state index contributed by atoms with van der Waals surface area (Å²) < 4.78 is 4.89. The van der Waals surface area contributed by atoms with E-state index in [1.165, 1.54) is 12.0 Å². The van der Waals surface area contributed by atoms with Crippen LogP contribution in [-0.2, 0) is 16.0 Å². The van der Waals surface area contributed by atoms with E-state index in [9.17, 15) is 4.79 Å². The highest BCUT2D eigenvalue weighted by Gasteiger charge is 2.20. The van der Waals surface area contributed by atoms with Gasteiger partial charge in [-0.15, -0.1) is 0 Å². The van der Waals surface area contributed by atoms with Crippen molar-refractivity contribution < 1.29 is 9.53 Å². The molecule has 0 spiro atoms. The molecular weight excluding hydrogens is 254 g/mol. The molecule has 5 nitrogen and oxygen atoms in total. The maximum atomic E-state index is 11.6. The Bertz CT molecular complexity index is 437. The highest BCUT2D eigenvalue weighted by Crippen LogP contribution is 2.27. The van der Waals surface area contributed by atoms with Gasteiger partial charge in [0.1, 0.15) is 0 Å². The van der Waals surface area contributed by atoms with Gasteiger partial charge in [0.15, 0.2) is 0 Å². The number of carbonyl (C=O) groups excluding carboxylic acids is 1. The molecule has 1 atom stereocenters. The van der Waals surface area contributed by atoms with Gasteiger partial charge in [0.2, 0.25) is 5.91 Å². The molecule has 0 aromatic carbocycles. The molecular formula is C15H23N3O2. The van der Waals surface area contributed by atoms with Crippen molar-refractivity contribution in [1.82, 2.24) is 15.6 Å². The number of ether oxygens (including phenoxy) is 1. The molecule has 0 saturated carbocycles. The van der Waals surface area contributed by atoms with Crippen molar-refractivity contribution in [3.05, 3.63) is 29.6 Å². The summed E-state index contributed by atoms with van der Waals surface area (Å²) in [6.07, 6.45) is 5.71. The van der Waals surface area contributed by atoms with Gasteiger partial charge in [-0.05, 0) is 30.9 Å². The average molecular weight is 277 g/mol. The molecule has 1 aromatic rings. The lowest BCUT2D eigenvalue weighted by atomic mass is 9.92. The van der Waals surface area contributed by atoms with Crippen LogP contribution in [0.15, 0.2) is 18.3 Å². The number of methoxy groups -OCH3 is 1. The number of aryl methyl sites for hydroxylation is 1. The van der Waals surface area contributed by atoms with E-state index >= 15 is 0 Å². The number of hydrogen-bond donors (Lipinski definition) is 2. The van der Waals surface area contributed by atoms with Gasteiger partial charge in [-0.2, -0.15) is 0 Å². The van der Waals surface area contributed by atoms with Gasteiger partial charge in [-0.3, -0.25) is 9.78 Å². The molecule has 2 rings (SSSR count). The third-order valence-electron chi connectivity index (χ3n) is 3.57. The topological polar surface area (TPSA) is 63.2 Å². The van der Waals surface area contributed by atoms with Crippen molar-refractivity contribution in [3.63, 3.8) is 0 Å². The fourth-order valence-corrected chi connectivity index (χ4v) is 2.55. The molecule has 5 heteroatoms. The summed E-state index contributed by atoms with van der Waals surface area (Å²) in [7, 11) is 1.63. The van der Waals surface area contributed by atoms with Crippen molar-refractivity contribution in [2.75, 3.05) is 26.8 Å². The third-order valence-corrected chi connectivity index (χ3v) is 3.57. The van der Waals surface area contributed by atoms with Crippen LogP contribution in [0.5, 0.6) is 0 Å². The van der Waals surface area contributed by atoms with Crippen molar-refractivity contribution in [2.45, 2.75) is 31.7 Å². The van der Waals surface area contributed by atoms with Crippen LogP contribution in [-0.4, -0.2) is 37.7 Å². The summed E-state index contributed by atoms with van der Waals surface area (Å²) >= 11 is 0. The molecule has 0 saturated heterocycles. The van der Waals surface area contributed by atoms with Gasteiger partial charge in [-0.1, -0.05) is 6.07 Å². The maximum absolute atomic E-state index is 11.6. The Morgan fingerprint density at radius 2 is 2.40 bits per heavy atom. The number of carbonyl (C=O) groups is 1. The van der Waals surface area contributed by atoms with E-state index in [2.05, 4.69) is 21.7 Å². The Kier molecular flexibility index (Phi) is 5.95. The fraction of sp³-hybridized carbons (Fsp3) is 0.600. The zero-order valence-corrected chi connectivity index (χ0v) is 12.0. The molecule has 110 valence electrons. The van der Waals surface area contributed by atoms with Crippen LogP contribution in [0.1, 0.15) is 36.6 Å². The summed E-state index contributed by atoms with van der Waals surface area (Å²) in [5.74, 6) is 0.0617. The predicted octanol–water partition coefficient (Wildman–Crippen LogP) is 1.20. The number of fused-ring (bicyclic) bond motifs is 1. The van der Waals surface area contributed by atoms with Crippen molar-refractivity contribution in [3.8, 4) is 0 Å². The fourth-order valence-electron chi connectivity index (χ4n) is 2.55. The largest absolute Gasteiger partial charge is 0.383 e.